The first-order chi connectivity index (χ1) is 12.7. The molecule has 10 nitrogen and oxygen atoms in total. The van der Waals surface area contributed by atoms with Gasteiger partial charge in [0.2, 0.25) is 0 Å². The highest BCUT2D eigenvalue weighted by molar-refractivity contribution is 6.18. The Balaban J connectivity index is 1.72. The number of benzene rings is 1. The van der Waals surface area contributed by atoms with E-state index in [2.05, 4.69) is 5.10 Å². The predicted octanol–water partition coefficient (Wildman–Crippen LogP) is 2.05. The number of aromatic nitrogens is 2. The Kier molecular flexibility index (Phi) is 4.63. The van der Waals surface area contributed by atoms with Gasteiger partial charge in [-0.25, -0.2) is 14.3 Å². The monoisotopic (exact) mass is 373 g/mol. The fourth-order valence-corrected chi connectivity index (χ4v) is 2.30. The number of nitrogens with zero attached hydrogens (tertiary/aromatic N) is 3. The van der Waals surface area contributed by atoms with Gasteiger partial charge in [-0.05, 0) is 23.8 Å². The zero-order chi connectivity index (χ0) is 19.6. The van der Waals surface area contributed by atoms with E-state index in [4.69, 9.17) is 14.2 Å². The summed E-state index contributed by atoms with van der Waals surface area (Å²) in [5, 5.41) is 14.5. The molecule has 10 heteroatoms. The number of carbonyl (C=O) groups excluding carboxylic acids is 2. The summed E-state index contributed by atoms with van der Waals surface area (Å²) in [6, 6.07) is 6.57. The number of cyclic esters (lactones) is 2. The predicted molar refractivity (Wildman–Crippen MR) is 90.2 cm³/mol. The first kappa shape index (κ1) is 18.1. The second-order valence-electron chi connectivity index (χ2n) is 6.08. The van der Waals surface area contributed by atoms with Crippen molar-refractivity contribution < 1.29 is 28.7 Å². The Morgan fingerprint density at radius 3 is 2.63 bits per heavy atom. The number of nitro groups is 1. The summed E-state index contributed by atoms with van der Waals surface area (Å²) < 4.78 is 16.9. The van der Waals surface area contributed by atoms with Gasteiger partial charge in [0, 0.05) is 13.8 Å². The number of hydrogen-bond acceptors (Lipinski definition) is 8. The van der Waals surface area contributed by atoms with Crippen LogP contribution in [0, 0.1) is 10.1 Å². The maximum absolute atomic E-state index is 12.0. The van der Waals surface area contributed by atoms with E-state index in [0.717, 1.165) is 6.20 Å². The van der Waals surface area contributed by atoms with Crippen LogP contribution in [0.2, 0.25) is 0 Å². The van der Waals surface area contributed by atoms with Crippen LogP contribution in [-0.2, 0) is 25.8 Å². The molecule has 0 radical (unpaired) electrons. The molecule has 0 saturated carbocycles. The molecular formula is C17H15N3O7. The number of rotatable bonds is 5. The highest BCUT2D eigenvalue weighted by Crippen LogP contribution is 2.25. The molecule has 0 bridgehead atoms. The standard InChI is InChI=1S/C17H15N3O7/c1-17(2)26-15(21)14(16(22)27-17)7-11-4-3-5-13(6-11)25-10-19-9-12(8-18-19)20(23)24/h3-9H,10H2,1-2H3. The minimum Gasteiger partial charge on any atom is -0.471 e. The third kappa shape index (κ3) is 4.29. The molecule has 140 valence electrons. The normalized spacial score (nSPS) is 15.7. The molecule has 3 rings (SSSR count). The lowest BCUT2D eigenvalue weighted by Crippen LogP contribution is -2.41. The first-order valence-corrected chi connectivity index (χ1v) is 7.81. The number of carbonyl (C=O) groups is 2. The van der Waals surface area contributed by atoms with Crippen LogP contribution < -0.4 is 4.74 Å². The van der Waals surface area contributed by atoms with E-state index < -0.39 is 22.6 Å². The van der Waals surface area contributed by atoms with E-state index in [1.54, 1.807) is 24.3 Å². The van der Waals surface area contributed by atoms with E-state index in [9.17, 15) is 19.7 Å². The molecule has 1 aromatic carbocycles. The van der Waals surface area contributed by atoms with Gasteiger partial charge < -0.3 is 14.2 Å². The van der Waals surface area contributed by atoms with Crippen LogP contribution >= 0.6 is 0 Å². The minimum absolute atomic E-state index is 0.0495. The first-order valence-electron chi connectivity index (χ1n) is 7.81. The molecule has 0 N–H and O–H groups in total. The third-order valence-electron chi connectivity index (χ3n) is 3.48. The molecule has 1 aliphatic heterocycles. The summed E-state index contributed by atoms with van der Waals surface area (Å²) in [6.45, 7) is 2.88. The maximum atomic E-state index is 12.0. The van der Waals surface area contributed by atoms with Crippen molar-refractivity contribution in [3.63, 3.8) is 0 Å². The van der Waals surface area contributed by atoms with E-state index in [1.165, 1.54) is 30.8 Å². The van der Waals surface area contributed by atoms with Crippen LogP contribution in [0.3, 0.4) is 0 Å². The molecule has 1 fully saturated rings. The average Bonchev–Trinajstić information content (AvgIpc) is 3.05. The van der Waals surface area contributed by atoms with Crippen molar-refractivity contribution in [2.45, 2.75) is 26.4 Å². The molecule has 0 spiro atoms. The Morgan fingerprint density at radius 2 is 2.00 bits per heavy atom. The lowest BCUT2D eigenvalue weighted by atomic mass is 10.1. The summed E-state index contributed by atoms with van der Waals surface area (Å²) in [4.78, 5) is 34.1. The van der Waals surface area contributed by atoms with E-state index >= 15 is 0 Å². The molecule has 2 aromatic rings. The summed E-state index contributed by atoms with van der Waals surface area (Å²) in [7, 11) is 0. The van der Waals surface area contributed by atoms with Crippen molar-refractivity contribution in [3.8, 4) is 5.75 Å². The summed E-state index contributed by atoms with van der Waals surface area (Å²) in [5.74, 6) is -2.43. The van der Waals surface area contributed by atoms with Gasteiger partial charge in [-0.2, -0.15) is 5.10 Å². The van der Waals surface area contributed by atoms with Gasteiger partial charge in [-0.3, -0.25) is 10.1 Å². The fraction of sp³-hybridized carbons (Fsp3) is 0.235. The number of ether oxygens (including phenoxy) is 3. The van der Waals surface area contributed by atoms with Crippen molar-refractivity contribution in [1.29, 1.82) is 0 Å². The molecule has 27 heavy (non-hydrogen) atoms. The highest BCUT2D eigenvalue weighted by Gasteiger charge is 2.38. The molecule has 1 aromatic heterocycles. The summed E-state index contributed by atoms with van der Waals surface area (Å²) >= 11 is 0. The Hall–Kier alpha value is -3.69. The largest absolute Gasteiger partial charge is 0.471 e. The van der Waals surface area contributed by atoms with Crippen molar-refractivity contribution in [1.82, 2.24) is 9.78 Å². The Morgan fingerprint density at radius 1 is 1.30 bits per heavy atom. The SMILES string of the molecule is CC1(C)OC(=O)C(=Cc2cccc(OCn3cc([N+](=O)[O-])cn3)c2)C(=O)O1. The third-order valence-corrected chi connectivity index (χ3v) is 3.48. The summed E-state index contributed by atoms with van der Waals surface area (Å²) in [5.41, 5.74) is 0.144. The zero-order valence-corrected chi connectivity index (χ0v) is 14.4. The fourth-order valence-electron chi connectivity index (χ4n) is 2.30. The van der Waals surface area contributed by atoms with E-state index in [-0.39, 0.29) is 18.0 Å². The minimum atomic E-state index is -1.30. The van der Waals surface area contributed by atoms with E-state index in [1.807, 2.05) is 0 Å². The van der Waals surface area contributed by atoms with Gasteiger partial charge in [-0.15, -0.1) is 0 Å². The van der Waals surface area contributed by atoms with Gasteiger partial charge in [0.1, 0.15) is 23.7 Å². The molecule has 0 unspecified atom stereocenters. The van der Waals surface area contributed by atoms with Crippen LogP contribution in [0.15, 0.2) is 42.2 Å². The van der Waals surface area contributed by atoms with Crippen molar-refractivity contribution in [2.75, 3.05) is 0 Å². The van der Waals surface area contributed by atoms with Crippen LogP contribution in [0.1, 0.15) is 19.4 Å². The molecule has 1 aliphatic rings. The summed E-state index contributed by atoms with van der Waals surface area (Å²) in [6.07, 6.45) is 3.69. The van der Waals surface area contributed by atoms with Gasteiger partial charge in [0.15, 0.2) is 6.73 Å². The number of hydrogen-bond donors (Lipinski definition) is 0. The van der Waals surface area contributed by atoms with Crippen LogP contribution in [-0.4, -0.2) is 32.4 Å². The lowest BCUT2D eigenvalue weighted by molar-refractivity contribution is -0.385. The molecule has 0 aliphatic carbocycles. The quantitative estimate of drug-likeness (QED) is 0.256. The van der Waals surface area contributed by atoms with Crippen LogP contribution in [0.4, 0.5) is 5.69 Å². The van der Waals surface area contributed by atoms with Gasteiger partial charge in [0.25, 0.3) is 5.79 Å². The average molecular weight is 373 g/mol. The van der Waals surface area contributed by atoms with Crippen molar-refractivity contribution in [3.05, 3.63) is 57.9 Å². The smallest absolute Gasteiger partial charge is 0.348 e. The van der Waals surface area contributed by atoms with E-state index in [0.29, 0.717) is 11.3 Å². The molecule has 1 saturated heterocycles. The van der Waals surface area contributed by atoms with Gasteiger partial charge in [0.05, 0.1) is 4.92 Å². The van der Waals surface area contributed by atoms with Crippen LogP contribution in [0.25, 0.3) is 6.08 Å². The Labute approximate surface area is 153 Å². The van der Waals surface area contributed by atoms with Gasteiger partial charge >= 0.3 is 17.6 Å². The highest BCUT2D eigenvalue weighted by atomic mass is 16.7. The second kappa shape index (κ2) is 6.90. The van der Waals surface area contributed by atoms with Gasteiger partial charge in [-0.1, -0.05) is 12.1 Å². The second-order valence-corrected chi connectivity index (χ2v) is 6.08. The maximum Gasteiger partial charge on any atom is 0.348 e. The molecule has 2 heterocycles. The van der Waals surface area contributed by atoms with Crippen molar-refractivity contribution in [2.24, 2.45) is 0 Å². The molecular weight excluding hydrogens is 358 g/mol. The lowest BCUT2D eigenvalue weighted by Gasteiger charge is -2.29. The molecule has 0 atom stereocenters. The topological polar surface area (TPSA) is 123 Å². The van der Waals surface area contributed by atoms with Crippen molar-refractivity contribution >= 4 is 23.7 Å². The Bertz CT molecular complexity index is 924. The zero-order valence-electron chi connectivity index (χ0n) is 14.4. The molecule has 0 amide bonds. The van der Waals surface area contributed by atoms with Crippen LogP contribution in [0.5, 0.6) is 5.75 Å². The number of esters is 2.